The van der Waals surface area contributed by atoms with Crippen molar-refractivity contribution in [1.82, 2.24) is 21.3 Å². The van der Waals surface area contributed by atoms with Gasteiger partial charge >= 0.3 is 24.2 Å². The van der Waals surface area contributed by atoms with E-state index < -0.39 is 102 Å². The van der Waals surface area contributed by atoms with E-state index in [0.29, 0.717) is 47.8 Å². The van der Waals surface area contributed by atoms with Crippen LogP contribution in [0.25, 0.3) is 0 Å². The maximum Gasteiger partial charge on any atom is 0.412 e. The molecule has 3 aliphatic heterocycles. The third-order valence-corrected chi connectivity index (χ3v) is 17.1. The topological polar surface area (TPSA) is 317 Å². The SMILES string of the molecule is COc1cc2cc(c1Cl)N(C)C(=O)C[C@H](OC(=O)Nc1ccc(NC(=O)[C@H](CCCNC(N)=O)NC(=O)[C@@H](NC(=O)CCCCC(C)OC(=O)C(CBr)CBr)C(C)C)cc1Cl)[C@]1(C)O[C@H]1[C@H](C)[C@@H]1C[C@@](O)(NC(=O)O1)[C@H](OC)/C=C/C=C(\C)C2. The van der Waals surface area contributed by atoms with Gasteiger partial charge in [0.2, 0.25) is 23.6 Å². The summed E-state index contributed by atoms with van der Waals surface area (Å²) in [6, 6.07) is 4.70. The normalized spacial score (nSPS) is 24.5. The number of fused-ring (bicyclic) bond motifs is 5. The van der Waals surface area contributed by atoms with Crippen LogP contribution >= 0.6 is 55.1 Å². The van der Waals surface area contributed by atoms with Gasteiger partial charge in [0.25, 0.3) is 0 Å². The highest BCUT2D eigenvalue weighted by molar-refractivity contribution is 9.09. The number of halogens is 4. The van der Waals surface area contributed by atoms with Crippen LogP contribution in [0.2, 0.25) is 10.0 Å². The number of hydrogen-bond acceptors (Lipinski definition) is 15. The Hall–Kier alpha value is -5.70. The number of primary amides is 1. The average molecular weight is 1350 g/mol. The molecule has 23 nitrogen and oxygen atoms in total. The molecule has 27 heteroatoms. The van der Waals surface area contributed by atoms with Crippen LogP contribution < -0.4 is 47.3 Å². The summed E-state index contributed by atoms with van der Waals surface area (Å²) in [5.41, 5.74) is 4.13. The minimum atomic E-state index is -1.91. The van der Waals surface area contributed by atoms with Gasteiger partial charge in [-0.25, -0.2) is 14.4 Å². The van der Waals surface area contributed by atoms with Crippen molar-refractivity contribution in [3.05, 3.63) is 69.7 Å². The Morgan fingerprint density at radius 1 is 0.976 bits per heavy atom. The van der Waals surface area contributed by atoms with Crippen molar-refractivity contribution < 1.29 is 71.9 Å². The number of unbranched alkanes of at least 4 members (excludes halogenated alkanes) is 1. The summed E-state index contributed by atoms with van der Waals surface area (Å²) in [5, 5.41) is 28.7. The van der Waals surface area contributed by atoms with Crippen molar-refractivity contribution in [3.63, 3.8) is 0 Å². The van der Waals surface area contributed by atoms with Gasteiger partial charge in [-0.1, -0.05) is 99.6 Å². The number of nitrogens with one attached hydrogen (secondary N) is 6. The number of anilines is 3. The molecule has 0 saturated carbocycles. The highest BCUT2D eigenvalue weighted by Crippen LogP contribution is 2.49. The van der Waals surface area contributed by atoms with Crippen LogP contribution in [0, 0.1) is 17.8 Å². The summed E-state index contributed by atoms with van der Waals surface area (Å²) in [6.45, 7) is 10.6. The number of alkyl carbamates (subject to hydrolysis) is 1. The molecule has 1 unspecified atom stereocenters. The Kier molecular flexibility index (Phi) is 26.0. The fourth-order valence-electron chi connectivity index (χ4n) is 9.86. The van der Waals surface area contributed by atoms with Gasteiger partial charge in [-0.3, -0.25) is 34.6 Å². The van der Waals surface area contributed by atoms with Crippen molar-refractivity contribution in [1.29, 1.82) is 0 Å². The van der Waals surface area contributed by atoms with Gasteiger partial charge < -0.3 is 65.4 Å². The summed E-state index contributed by atoms with van der Waals surface area (Å²) in [5.74, 6) is -3.57. The Morgan fingerprint density at radius 2 is 1.69 bits per heavy atom. The highest BCUT2D eigenvalue weighted by Gasteiger charge is 2.64. The lowest BCUT2D eigenvalue weighted by molar-refractivity contribution is -0.152. The molecule has 8 amide bonds. The number of allylic oxidation sites excluding steroid dienone is 3. The van der Waals surface area contributed by atoms with Gasteiger partial charge in [0.15, 0.2) is 5.72 Å². The number of carbonyl (C=O) groups is 8. The first-order valence-corrected chi connectivity index (χ1v) is 30.6. The first-order chi connectivity index (χ1) is 39.7. The van der Waals surface area contributed by atoms with Gasteiger partial charge in [0.05, 0.1) is 48.1 Å². The van der Waals surface area contributed by atoms with Crippen LogP contribution in [0.3, 0.4) is 0 Å². The largest absolute Gasteiger partial charge is 0.495 e. The monoisotopic (exact) mass is 1340 g/mol. The number of rotatable bonds is 23. The van der Waals surface area contributed by atoms with Crippen molar-refractivity contribution in [2.75, 3.05) is 54.0 Å². The third-order valence-electron chi connectivity index (χ3n) is 14.8. The zero-order valence-corrected chi connectivity index (χ0v) is 53.3. The molecular weight excluding hydrogens is 1270 g/mol. The first kappa shape index (κ1) is 69.1. The summed E-state index contributed by atoms with van der Waals surface area (Å²) >= 11 is 20.2. The van der Waals surface area contributed by atoms with Crippen molar-refractivity contribution >= 4 is 120 Å². The fraction of sp³-hybridized carbons (Fsp3) is 0.579. The number of nitrogens with two attached hydrogens (primary N) is 1. The standard InChI is InChI=1S/C57H78Br2Cl2N8O15/c1-30(2)48(67-45(70)18-11-10-15-32(4)81-52(74)35(28-58)29-59)51(73)65-39(16-13-21-63-53(62)75)50(72)64-36-19-20-38(37(60)25-36)66-54(76)83-44-26-46(71)69(7)40-23-34(24-41(79-8)47(40)61)22-31(3)14-12-17-43(80-9)57(78)27-42(82-55(77)68-57)33(5)49-56(44,6)84-49/h12,14,17,19-20,23-25,30,32-33,35,39,42-44,48-49,78H,10-11,13,15-16,18,21-22,26-29H2,1-9H3,(H,64,72)(H,65,73)(H,66,76)(H,67,70)(H,68,77)(H3,62,63,75)/b17-12+,31-14+/t32?,33-,39+,42+,43-,44+,48+,49+,56+,57+/m1/s1. The predicted molar refractivity (Wildman–Crippen MR) is 323 cm³/mol. The van der Waals surface area contributed by atoms with Crippen LogP contribution in [-0.4, -0.2) is 145 Å². The molecule has 0 radical (unpaired) electrons. The smallest absolute Gasteiger partial charge is 0.412 e. The van der Waals surface area contributed by atoms with E-state index in [1.54, 1.807) is 58.9 Å². The number of amides is 8. The lowest BCUT2D eigenvalue weighted by Gasteiger charge is -2.42. The Morgan fingerprint density at radius 3 is 2.33 bits per heavy atom. The second-order valence-electron chi connectivity index (χ2n) is 21.8. The number of esters is 1. The molecule has 2 fully saturated rings. The van der Waals surface area contributed by atoms with Crippen LogP contribution in [0.5, 0.6) is 5.75 Å². The second kappa shape index (κ2) is 31.6. The molecule has 5 rings (SSSR count). The van der Waals surface area contributed by atoms with E-state index >= 15 is 0 Å². The maximum atomic E-state index is 14.4. The van der Waals surface area contributed by atoms with Gasteiger partial charge in [0, 0.05) is 55.8 Å². The molecule has 3 heterocycles. The fourth-order valence-corrected chi connectivity index (χ4v) is 12.0. The number of methoxy groups -OCH3 is 2. The van der Waals surface area contributed by atoms with E-state index in [2.05, 4.69) is 63.8 Å². The first-order valence-electron chi connectivity index (χ1n) is 27.6. The van der Waals surface area contributed by atoms with Crippen LogP contribution in [0.1, 0.15) is 98.5 Å². The molecule has 10 atom stereocenters. The van der Waals surface area contributed by atoms with Gasteiger partial charge in [-0.2, -0.15) is 0 Å². The summed E-state index contributed by atoms with van der Waals surface area (Å²) in [6.07, 6.45) is 0.596. The Bertz CT molecular complexity index is 2770. The molecule has 0 aliphatic carbocycles. The number of ether oxygens (including phenoxy) is 6. The molecular formula is C57H78Br2Cl2N8O15. The molecule has 3 aliphatic rings. The van der Waals surface area contributed by atoms with E-state index in [9.17, 15) is 43.5 Å². The van der Waals surface area contributed by atoms with Crippen LogP contribution in [-0.2, 0) is 54.1 Å². The predicted octanol–water partition coefficient (Wildman–Crippen LogP) is 7.94. The lowest BCUT2D eigenvalue weighted by Crippen LogP contribution is -2.63. The second-order valence-corrected chi connectivity index (χ2v) is 23.9. The molecule has 2 saturated heterocycles. The van der Waals surface area contributed by atoms with E-state index in [4.69, 9.17) is 57.4 Å². The average Bonchev–Trinajstić information content (AvgIpc) is 1.69. The number of aliphatic hydroxyl groups is 1. The molecule has 0 aromatic heterocycles. The lowest BCUT2D eigenvalue weighted by atomic mass is 9.83. The number of epoxide rings is 1. The molecule has 4 bridgehead atoms. The number of urea groups is 1. The summed E-state index contributed by atoms with van der Waals surface area (Å²) in [7, 11) is 4.38. The quantitative estimate of drug-likeness (QED) is 0.0172. The molecule has 2 aromatic rings. The highest BCUT2D eigenvalue weighted by atomic mass is 79.9. The van der Waals surface area contributed by atoms with Crippen LogP contribution in [0.15, 0.2) is 54.1 Å². The maximum absolute atomic E-state index is 14.4. The number of alkyl halides is 2. The zero-order chi connectivity index (χ0) is 62.2. The molecule has 9 N–H and O–H groups in total. The minimum Gasteiger partial charge on any atom is -0.495 e. The molecule has 464 valence electrons. The van der Waals surface area contributed by atoms with Crippen molar-refractivity contribution in [2.24, 2.45) is 23.5 Å². The Labute approximate surface area is 516 Å². The molecule has 84 heavy (non-hydrogen) atoms. The Balaban J connectivity index is 1.32. The van der Waals surface area contributed by atoms with Gasteiger partial charge in [-0.05, 0) is 101 Å². The number of benzene rings is 2. The van der Waals surface area contributed by atoms with Crippen molar-refractivity contribution in [2.45, 2.75) is 153 Å². The van der Waals surface area contributed by atoms with E-state index in [1.807, 2.05) is 13.0 Å². The zero-order valence-electron chi connectivity index (χ0n) is 48.6. The number of nitrogens with zero attached hydrogens (tertiary/aromatic N) is 1. The molecule has 0 spiro atoms. The van der Waals surface area contributed by atoms with Gasteiger partial charge in [0.1, 0.15) is 46.8 Å². The van der Waals surface area contributed by atoms with E-state index in [0.717, 1.165) is 11.1 Å². The van der Waals surface area contributed by atoms with E-state index in [1.165, 1.54) is 44.4 Å². The van der Waals surface area contributed by atoms with Gasteiger partial charge in [-0.15, -0.1) is 0 Å². The van der Waals surface area contributed by atoms with Crippen LogP contribution in [0.4, 0.5) is 31.4 Å². The third kappa shape index (κ3) is 19.2. The summed E-state index contributed by atoms with van der Waals surface area (Å²) in [4.78, 5) is 108. The molecule has 2 aromatic carbocycles. The number of carbonyl (C=O) groups excluding carboxylic acids is 8. The summed E-state index contributed by atoms with van der Waals surface area (Å²) < 4.78 is 34.9. The van der Waals surface area contributed by atoms with Crippen molar-refractivity contribution in [3.8, 4) is 5.75 Å². The van der Waals surface area contributed by atoms with E-state index in [-0.39, 0.29) is 77.5 Å². The number of hydrogen-bond donors (Lipinski definition) is 8. The minimum absolute atomic E-state index is 0.0361.